The first kappa shape index (κ1) is 25.1. The molecule has 1 saturated heterocycles. The number of hydrogen-bond acceptors (Lipinski definition) is 7. The van der Waals surface area contributed by atoms with Crippen LogP contribution in [0.1, 0.15) is 54.3 Å². The van der Waals surface area contributed by atoms with Gasteiger partial charge in [0.15, 0.2) is 18.2 Å². The Morgan fingerprint density at radius 2 is 1.44 bits per heavy atom. The third-order valence-electron chi connectivity index (χ3n) is 5.39. The van der Waals surface area contributed by atoms with Gasteiger partial charge in [0.25, 0.3) is 0 Å². The highest BCUT2D eigenvalue weighted by Crippen LogP contribution is 2.23. The third kappa shape index (κ3) is 6.29. The molecule has 1 aliphatic heterocycles. The van der Waals surface area contributed by atoms with Crippen LogP contribution in [0.25, 0.3) is 11.1 Å². The normalized spacial score (nSPS) is 15.6. The number of nitrogens with zero attached hydrogens (tertiary/aromatic N) is 1. The van der Waals surface area contributed by atoms with Gasteiger partial charge >= 0.3 is 12.1 Å². The molecule has 1 heterocycles. The lowest BCUT2D eigenvalue weighted by molar-refractivity contribution is -0.147. The monoisotopic (exact) mass is 467 g/mol. The molecule has 0 spiro atoms. The van der Waals surface area contributed by atoms with E-state index in [-0.39, 0.29) is 11.6 Å². The summed E-state index contributed by atoms with van der Waals surface area (Å²) in [5.74, 6) is -1.33. The van der Waals surface area contributed by atoms with Crippen LogP contribution in [-0.2, 0) is 14.3 Å². The van der Waals surface area contributed by atoms with Gasteiger partial charge < -0.3 is 14.6 Å². The fraction of sp³-hybridized carbons (Fsp3) is 0.385. The molecule has 0 radical (unpaired) electrons. The number of esters is 1. The minimum Gasteiger partial charge on any atom is -0.456 e. The maximum Gasteiger partial charge on any atom is 0.411 e. The number of Topliss-reactive ketones (excluding diaryl/α,β-unsaturated/α-hetero) is 2. The van der Waals surface area contributed by atoms with Crippen molar-refractivity contribution in [3.8, 4) is 11.1 Å². The van der Waals surface area contributed by atoms with Crippen molar-refractivity contribution >= 4 is 23.6 Å². The summed E-state index contributed by atoms with van der Waals surface area (Å²) in [4.78, 5) is 50.3. The van der Waals surface area contributed by atoms with Crippen LogP contribution >= 0.6 is 0 Å². The standard InChI is InChI=1S/C26H29NO7/c1-26(2,3)34-25(32)27-14-4-5-21(27)24(31)33-16-23(30)20-12-8-18(9-13-20)17-6-10-19(11-7-17)22(29)15-28/h6-13,21,28H,4-5,14-16H2,1-3H3/t21-/m0/s1. The van der Waals surface area contributed by atoms with Crippen molar-refractivity contribution in [2.75, 3.05) is 19.8 Å². The molecule has 1 N–H and O–H groups in total. The van der Waals surface area contributed by atoms with Gasteiger partial charge in [-0.1, -0.05) is 48.5 Å². The van der Waals surface area contributed by atoms with E-state index in [1.165, 1.54) is 4.90 Å². The molecule has 3 rings (SSSR count). The number of hydrogen-bond donors (Lipinski definition) is 1. The number of rotatable bonds is 7. The van der Waals surface area contributed by atoms with Gasteiger partial charge in [0.05, 0.1) is 0 Å². The summed E-state index contributed by atoms with van der Waals surface area (Å²) in [5, 5.41) is 8.94. The second-order valence-electron chi connectivity index (χ2n) is 9.10. The Labute approximate surface area is 198 Å². The zero-order chi connectivity index (χ0) is 24.9. The lowest BCUT2D eigenvalue weighted by Crippen LogP contribution is -2.44. The van der Waals surface area contributed by atoms with Crippen LogP contribution in [0.4, 0.5) is 4.79 Å². The van der Waals surface area contributed by atoms with Crippen molar-refractivity contribution in [2.24, 2.45) is 0 Å². The Bertz CT molecular complexity index is 1050. The molecule has 0 bridgehead atoms. The van der Waals surface area contributed by atoms with Gasteiger partial charge in [-0.3, -0.25) is 14.5 Å². The summed E-state index contributed by atoms with van der Waals surface area (Å²) < 4.78 is 10.6. The topological polar surface area (TPSA) is 110 Å². The number of carbonyl (C=O) groups excluding carboxylic acids is 4. The van der Waals surface area contributed by atoms with Crippen LogP contribution < -0.4 is 0 Å². The predicted molar refractivity (Wildman–Crippen MR) is 125 cm³/mol. The average molecular weight is 468 g/mol. The predicted octanol–water partition coefficient (Wildman–Crippen LogP) is 3.65. The van der Waals surface area contributed by atoms with Gasteiger partial charge in [-0.25, -0.2) is 9.59 Å². The van der Waals surface area contributed by atoms with Crippen molar-refractivity contribution in [3.05, 3.63) is 59.7 Å². The van der Waals surface area contributed by atoms with E-state index in [0.29, 0.717) is 30.5 Å². The second kappa shape index (κ2) is 10.6. The number of aliphatic hydroxyl groups is 1. The van der Waals surface area contributed by atoms with E-state index < -0.39 is 36.9 Å². The van der Waals surface area contributed by atoms with E-state index in [2.05, 4.69) is 0 Å². The quantitative estimate of drug-likeness (QED) is 0.489. The molecule has 0 aromatic heterocycles. The highest BCUT2D eigenvalue weighted by atomic mass is 16.6. The number of benzene rings is 2. The van der Waals surface area contributed by atoms with Crippen molar-refractivity contribution in [3.63, 3.8) is 0 Å². The number of amides is 1. The lowest BCUT2D eigenvalue weighted by Gasteiger charge is -2.27. The first-order valence-electron chi connectivity index (χ1n) is 11.1. The second-order valence-corrected chi connectivity index (χ2v) is 9.10. The van der Waals surface area contributed by atoms with E-state index >= 15 is 0 Å². The Balaban J connectivity index is 1.57. The molecule has 0 unspecified atom stereocenters. The number of likely N-dealkylation sites (tertiary alicyclic amines) is 1. The minimum atomic E-state index is -0.759. The zero-order valence-electron chi connectivity index (χ0n) is 19.6. The summed E-state index contributed by atoms with van der Waals surface area (Å²) in [5.41, 5.74) is 1.83. The van der Waals surface area contributed by atoms with Crippen LogP contribution in [0.2, 0.25) is 0 Å². The Hall–Kier alpha value is -3.52. The van der Waals surface area contributed by atoms with E-state index in [0.717, 1.165) is 11.1 Å². The van der Waals surface area contributed by atoms with E-state index in [1.54, 1.807) is 69.3 Å². The summed E-state index contributed by atoms with van der Waals surface area (Å²) >= 11 is 0. The Morgan fingerprint density at radius 3 is 1.94 bits per heavy atom. The highest BCUT2D eigenvalue weighted by molar-refractivity contribution is 5.99. The van der Waals surface area contributed by atoms with Crippen molar-refractivity contribution in [1.29, 1.82) is 0 Å². The van der Waals surface area contributed by atoms with E-state index in [9.17, 15) is 19.2 Å². The van der Waals surface area contributed by atoms with E-state index in [1.807, 2.05) is 0 Å². The molecule has 0 aliphatic carbocycles. The van der Waals surface area contributed by atoms with Crippen molar-refractivity contribution < 1.29 is 33.8 Å². The zero-order valence-corrected chi connectivity index (χ0v) is 19.6. The molecular formula is C26H29NO7. The molecule has 1 amide bonds. The largest absolute Gasteiger partial charge is 0.456 e. The molecule has 180 valence electrons. The molecule has 1 aliphatic rings. The number of ketones is 2. The molecule has 8 nitrogen and oxygen atoms in total. The molecule has 0 saturated carbocycles. The van der Waals surface area contributed by atoms with Gasteiger partial charge in [0, 0.05) is 17.7 Å². The molecular weight excluding hydrogens is 438 g/mol. The molecule has 8 heteroatoms. The summed E-state index contributed by atoms with van der Waals surface area (Å²) in [7, 11) is 0. The number of carbonyl (C=O) groups is 4. The van der Waals surface area contributed by atoms with Gasteiger partial charge in [-0.05, 0) is 44.7 Å². The number of ether oxygens (including phenoxy) is 2. The van der Waals surface area contributed by atoms with Crippen LogP contribution in [0, 0.1) is 0 Å². The van der Waals surface area contributed by atoms with Gasteiger partial charge in [-0.15, -0.1) is 0 Å². The minimum absolute atomic E-state index is 0.353. The average Bonchev–Trinajstić information content (AvgIpc) is 3.31. The Kier molecular flexibility index (Phi) is 7.83. The number of aliphatic hydroxyl groups excluding tert-OH is 1. The highest BCUT2D eigenvalue weighted by Gasteiger charge is 2.37. The first-order valence-corrected chi connectivity index (χ1v) is 11.1. The van der Waals surface area contributed by atoms with Crippen LogP contribution in [0.3, 0.4) is 0 Å². The fourth-order valence-electron chi connectivity index (χ4n) is 3.66. The molecule has 1 fully saturated rings. The summed E-state index contributed by atoms with van der Waals surface area (Å²) in [6.07, 6.45) is 0.551. The van der Waals surface area contributed by atoms with Gasteiger partial charge in [0.2, 0.25) is 0 Å². The summed E-state index contributed by atoms with van der Waals surface area (Å²) in [6, 6.07) is 12.8. The lowest BCUT2D eigenvalue weighted by atomic mass is 10.0. The maximum absolute atomic E-state index is 12.5. The molecule has 2 aromatic rings. The SMILES string of the molecule is CC(C)(C)OC(=O)N1CCC[C@H]1C(=O)OCC(=O)c1ccc(-c2ccc(C(=O)CO)cc2)cc1. The molecule has 2 aromatic carbocycles. The van der Waals surface area contributed by atoms with Crippen LogP contribution in [-0.4, -0.2) is 65.0 Å². The van der Waals surface area contributed by atoms with E-state index in [4.69, 9.17) is 14.6 Å². The summed E-state index contributed by atoms with van der Waals surface area (Å²) in [6.45, 7) is 4.71. The first-order chi connectivity index (χ1) is 16.1. The maximum atomic E-state index is 12.5. The van der Waals surface area contributed by atoms with Gasteiger partial charge in [0.1, 0.15) is 18.2 Å². The van der Waals surface area contributed by atoms with Crippen molar-refractivity contribution in [2.45, 2.75) is 45.3 Å². The van der Waals surface area contributed by atoms with Crippen molar-refractivity contribution in [1.82, 2.24) is 4.90 Å². The smallest absolute Gasteiger partial charge is 0.411 e. The molecule has 1 atom stereocenters. The van der Waals surface area contributed by atoms with Gasteiger partial charge in [-0.2, -0.15) is 0 Å². The molecule has 34 heavy (non-hydrogen) atoms. The van der Waals surface area contributed by atoms with Crippen LogP contribution in [0.15, 0.2) is 48.5 Å². The third-order valence-corrected chi connectivity index (χ3v) is 5.39. The Morgan fingerprint density at radius 1 is 0.912 bits per heavy atom. The van der Waals surface area contributed by atoms with Crippen LogP contribution in [0.5, 0.6) is 0 Å². The fourth-order valence-corrected chi connectivity index (χ4v) is 3.66.